The van der Waals surface area contributed by atoms with Crippen LogP contribution in [0.1, 0.15) is 0 Å². The van der Waals surface area contributed by atoms with Crippen molar-refractivity contribution in [3.05, 3.63) is 23.2 Å². The predicted molar refractivity (Wildman–Crippen MR) is 56.5 cm³/mol. The van der Waals surface area contributed by atoms with Gasteiger partial charge in [-0.3, -0.25) is 4.79 Å². The van der Waals surface area contributed by atoms with E-state index in [1.54, 1.807) is 0 Å². The van der Waals surface area contributed by atoms with Crippen molar-refractivity contribution in [2.75, 3.05) is 5.32 Å². The third kappa shape index (κ3) is 1.92. The van der Waals surface area contributed by atoms with E-state index in [-0.39, 0.29) is 16.5 Å². The van der Waals surface area contributed by atoms with Gasteiger partial charge in [-0.05, 0) is 23.7 Å². The first-order chi connectivity index (χ1) is 7.74. The average molecular weight is 284 g/mol. The summed E-state index contributed by atoms with van der Waals surface area (Å²) in [4.78, 5) is 11.3. The van der Waals surface area contributed by atoms with E-state index in [1.165, 1.54) is 18.2 Å². The minimum Gasteiger partial charge on any atom is -0.445 e. The fourth-order valence-electron chi connectivity index (χ4n) is 1.28. The quantitative estimate of drug-likeness (QED) is 0.777. The molecule has 0 saturated carbocycles. The molecular formula is C9H5Cl2F2NO3. The first kappa shape index (κ1) is 12.3. The van der Waals surface area contributed by atoms with Gasteiger partial charge in [-0.15, -0.1) is 0 Å². The van der Waals surface area contributed by atoms with Gasteiger partial charge in [0, 0.05) is 11.1 Å². The lowest BCUT2D eigenvalue weighted by atomic mass is 10.2. The second kappa shape index (κ2) is 3.69. The van der Waals surface area contributed by atoms with E-state index >= 15 is 0 Å². The van der Waals surface area contributed by atoms with Crippen LogP contribution in [-0.4, -0.2) is 22.2 Å². The number of hydrogen-bond acceptors (Lipinski definition) is 3. The van der Waals surface area contributed by atoms with Gasteiger partial charge in [0.1, 0.15) is 5.75 Å². The molecular weight excluding hydrogens is 279 g/mol. The SMILES string of the molecule is O=C1Nc2ccc(Cl)cc2O[C@@]1(O)C(F)(F)Cl. The van der Waals surface area contributed by atoms with E-state index in [1.807, 2.05) is 5.32 Å². The highest BCUT2D eigenvalue weighted by Crippen LogP contribution is 2.42. The van der Waals surface area contributed by atoms with Gasteiger partial charge in [-0.1, -0.05) is 11.6 Å². The Bertz CT molecular complexity index is 492. The largest absolute Gasteiger partial charge is 0.445 e. The molecule has 0 saturated heterocycles. The van der Waals surface area contributed by atoms with Gasteiger partial charge in [-0.25, -0.2) is 0 Å². The monoisotopic (exact) mass is 283 g/mol. The number of carbonyl (C=O) groups excluding carboxylic acids is 1. The third-order valence-corrected chi connectivity index (χ3v) is 2.63. The fourth-order valence-corrected chi connectivity index (χ4v) is 1.57. The average Bonchev–Trinajstić information content (AvgIpc) is 2.18. The molecule has 0 spiro atoms. The number of ether oxygens (including phenoxy) is 1. The molecule has 1 aromatic rings. The van der Waals surface area contributed by atoms with Gasteiger partial charge in [0.2, 0.25) is 0 Å². The number of aliphatic hydroxyl groups is 1. The Kier molecular flexibility index (Phi) is 2.68. The summed E-state index contributed by atoms with van der Waals surface area (Å²) in [5, 5.41) is 7.42. The number of hydrogen-bond donors (Lipinski definition) is 2. The van der Waals surface area contributed by atoms with Crippen LogP contribution in [-0.2, 0) is 4.79 Å². The summed E-state index contributed by atoms with van der Waals surface area (Å²) in [6.45, 7) is 0. The second-order valence-corrected chi connectivity index (χ2v) is 4.25. The lowest BCUT2D eigenvalue weighted by Crippen LogP contribution is -2.60. The molecule has 0 radical (unpaired) electrons. The summed E-state index contributed by atoms with van der Waals surface area (Å²) in [5.41, 5.74) is 0.116. The van der Waals surface area contributed by atoms with E-state index in [0.717, 1.165) is 0 Å². The zero-order valence-electron chi connectivity index (χ0n) is 8.01. The van der Waals surface area contributed by atoms with E-state index in [9.17, 15) is 18.7 Å². The van der Waals surface area contributed by atoms with Gasteiger partial charge in [0.15, 0.2) is 0 Å². The van der Waals surface area contributed by atoms with Crippen molar-refractivity contribution in [1.29, 1.82) is 0 Å². The van der Waals surface area contributed by atoms with Crippen molar-refractivity contribution in [3.8, 4) is 5.75 Å². The minimum atomic E-state index is -4.28. The Balaban J connectivity index is 2.48. The molecule has 2 rings (SSSR count). The number of anilines is 1. The molecule has 1 aliphatic heterocycles. The molecule has 1 aliphatic rings. The number of amides is 1. The van der Waals surface area contributed by atoms with E-state index in [4.69, 9.17) is 11.6 Å². The number of halogens is 4. The zero-order chi connectivity index (χ0) is 12.8. The van der Waals surface area contributed by atoms with Crippen LogP contribution in [0.2, 0.25) is 5.02 Å². The smallest absolute Gasteiger partial charge is 0.395 e. The Hall–Kier alpha value is -1.11. The molecule has 92 valence electrons. The summed E-state index contributed by atoms with van der Waals surface area (Å²) in [5.74, 6) is -5.11. The number of fused-ring (bicyclic) bond motifs is 1. The maximum atomic E-state index is 12.9. The van der Waals surface area contributed by atoms with Crippen molar-refractivity contribution < 1.29 is 23.4 Å². The summed E-state index contributed by atoms with van der Waals surface area (Å²) in [7, 11) is 0. The number of carbonyl (C=O) groups is 1. The summed E-state index contributed by atoms with van der Waals surface area (Å²) >= 11 is 10.3. The van der Waals surface area contributed by atoms with Crippen LogP contribution >= 0.6 is 23.2 Å². The third-order valence-electron chi connectivity index (χ3n) is 2.14. The highest BCUT2D eigenvalue weighted by atomic mass is 35.5. The maximum Gasteiger partial charge on any atom is 0.395 e. The lowest BCUT2D eigenvalue weighted by molar-refractivity contribution is -0.231. The van der Waals surface area contributed by atoms with Crippen LogP contribution < -0.4 is 10.1 Å². The maximum absolute atomic E-state index is 12.9. The molecule has 0 aliphatic carbocycles. The Morgan fingerprint density at radius 1 is 1.47 bits per heavy atom. The molecule has 17 heavy (non-hydrogen) atoms. The Labute approximate surface area is 104 Å². The number of rotatable bonds is 1. The standard InChI is InChI=1S/C9H5Cl2F2NO3/c10-4-1-2-5-6(3-4)17-8(16,7(15)14-5)9(11,12)13/h1-3,16H,(H,14,15)/t8-/m1/s1. The van der Waals surface area contributed by atoms with E-state index < -0.39 is 17.1 Å². The normalized spacial score (nSPS) is 23.7. The molecule has 1 amide bonds. The fraction of sp³-hybridized carbons (Fsp3) is 0.222. The van der Waals surface area contributed by atoms with Crippen molar-refractivity contribution in [2.24, 2.45) is 0 Å². The molecule has 4 nitrogen and oxygen atoms in total. The first-order valence-corrected chi connectivity index (χ1v) is 5.09. The van der Waals surface area contributed by atoms with Crippen molar-refractivity contribution in [1.82, 2.24) is 0 Å². The Morgan fingerprint density at radius 2 is 2.12 bits per heavy atom. The van der Waals surface area contributed by atoms with Crippen LogP contribution in [0.4, 0.5) is 14.5 Å². The molecule has 1 heterocycles. The lowest BCUT2D eigenvalue weighted by Gasteiger charge is -2.34. The van der Waals surface area contributed by atoms with Gasteiger partial charge in [0.25, 0.3) is 0 Å². The van der Waals surface area contributed by atoms with Crippen molar-refractivity contribution in [3.63, 3.8) is 0 Å². The number of alkyl halides is 3. The molecule has 0 fully saturated rings. The van der Waals surface area contributed by atoms with Gasteiger partial charge >= 0.3 is 17.1 Å². The molecule has 1 aromatic carbocycles. The molecule has 0 bridgehead atoms. The molecule has 0 unspecified atom stereocenters. The summed E-state index contributed by atoms with van der Waals surface area (Å²) < 4.78 is 30.4. The molecule has 0 aromatic heterocycles. The van der Waals surface area contributed by atoms with Crippen LogP contribution in [0, 0.1) is 0 Å². The van der Waals surface area contributed by atoms with Crippen LogP contribution in [0.3, 0.4) is 0 Å². The topological polar surface area (TPSA) is 58.6 Å². The van der Waals surface area contributed by atoms with E-state index in [0.29, 0.717) is 0 Å². The molecule has 2 N–H and O–H groups in total. The number of benzene rings is 1. The first-order valence-electron chi connectivity index (χ1n) is 4.33. The van der Waals surface area contributed by atoms with Gasteiger partial charge < -0.3 is 15.2 Å². The highest BCUT2D eigenvalue weighted by Gasteiger charge is 2.62. The van der Waals surface area contributed by atoms with E-state index in [2.05, 4.69) is 16.3 Å². The van der Waals surface area contributed by atoms with Crippen LogP contribution in [0.15, 0.2) is 18.2 Å². The number of nitrogens with one attached hydrogen (secondary N) is 1. The van der Waals surface area contributed by atoms with Crippen molar-refractivity contribution >= 4 is 34.8 Å². The Morgan fingerprint density at radius 3 is 2.71 bits per heavy atom. The summed E-state index contributed by atoms with van der Waals surface area (Å²) in [6.07, 6.45) is 0. The molecule has 8 heteroatoms. The van der Waals surface area contributed by atoms with Crippen LogP contribution in [0.25, 0.3) is 0 Å². The minimum absolute atomic E-state index is 0.116. The highest BCUT2D eigenvalue weighted by molar-refractivity contribution is 6.31. The second-order valence-electron chi connectivity index (χ2n) is 3.34. The summed E-state index contributed by atoms with van der Waals surface area (Å²) in [6, 6.07) is 3.94. The van der Waals surface area contributed by atoms with Crippen molar-refractivity contribution in [2.45, 2.75) is 11.2 Å². The van der Waals surface area contributed by atoms with Gasteiger partial charge in [0.05, 0.1) is 5.69 Å². The zero-order valence-corrected chi connectivity index (χ0v) is 9.52. The van der Waals surface area contributed by atoms with Gasteiger partial charge in [-0.2, -0.15) is 8.78 Å². The predicted octanol–water partition coefficient (Wildman–Crippen LogP) is 2.19. The molecule has 1 atom stereocenters. The van der Waals surface area contributed by atoms with Crippen LogP contribution in [0.5, 0.6) is 5.75 Å².